The Hall–Kier alpha value is -4.41. The van der Waals surface area contributed by atoms with Crippen LogP contribution in [0, 0.1) is 0 Å². The number of fused-ring (bicyclic) bond motifs is 1. The molecule has 1 aliphatic rings. The van der Waals surface area contributed by atoms with Gasteiger partial charge in [0.25, 0.3) is 0 Å². The van der Waals surface area contributed by atoms with Gasteiger partial charge in [-0.05, 0) is 71.5 Å². The second-order valence-electron chi connectivity index (χ2n) is 12.8. The summed E-state index contributed by atoms with van der Waals surface area (Å²) in [6.45, 7) is 7.74. The van der Waals surface area contributed by atoms with Crippen molar-refractivity contribution >= 4 is 46.1 Å². The third-order valence-electron chi connectivity index (χ3n) is 7.66. The van der Waals surface area contributed by atoms with Crippen molar-refractivity contribution in [3.8, 4) is 11.3 Å². The first kappa shape index (κ1) is 33.0. The number of halogens is 1. The standard InChI is InChI=1S/C35H42ClN7O3/c1-35(2,3)46-34(45)43(26-10-8-19-42(23-26)31(44)13-9-18-41(4)5)22-24-14-16-25(17-15-24)39-33-38-21-29(36)32(40-33)28-20-37-30-12-7-6-11-27(28)30/h6-7,9,11-17,20-21,26,37H,8,10,18-19,22-23H2,1-5H3,(H,38,39,40)/b13-9+/t26-/m1/s1. The Balaban J connectivity index is 1.30. The summed E-state index contributed by atoms with van der Waals surface area (Å²) < 4.78 is 5.82. The summed E-state index contributed by atoms with van der Waals surface area (Å²) in [6.07, 6.45) is 8.19. The van der Waals surface area contributed by atoms with Crippen molar-refractivity contribution in [1.82, 2.24) is 29.7 Å². The van der Waals surface area contributed by atoms with E-state index in [4.69, 9.17) is 21.3 Å². The summed E-state index contributed by atoms with van der Waals surface area (Å²) in [4.78, 5) is 44.3. The lowest BCUT2D eigenvalue weighted by Crippen LogP contribution is -2.52. The number of carbonyl (C=O) groups excluding carboxylic acids is 2. The zero-order chi connectivity index (χ0) is 32.8. The Bertz CT molecular complexity index is 1690. The summed E-state index contributed by atoms with van der Waals surface area (Å²) in [7, 11) is 3.92. The lowest BCUT2D eigenvalue weighted by Gasteiger charge is -2.39. The van der Waals surface area contributed by atoms with Crippen LogP contribution in [0.25, 0.3) is 22.2 Å². The van der Waals surface area contributed by atoms with E-state index in [1.54, 1.807) is 17.2 Å². The van der Waals surface area contributed by atoms with Crippen LogP contribution in [0.5, 0.6) is 0 Å². The molecule has 2 N–H and O–H groups in total. The highest BCUT2D eigenvalue weighted by atomic mass is 35.5. The fourth-order valence-electron chi connectivity index (χ4n) is 5.45. The number of hydrogen-bond acceptors (Lipinski definition) is 7. The van der Waals surface area contributed by atoms with E-state index in [2.05, 4.69) is 15.3 Å². The van der Waals surface area contributed by atoms with Gasteiger partial charge in [0.15, 0.2) is 0 Å². The van der Waals surface area contributed by atoms with Crippen LogP contribution >= 0.6 is 11.6 Å². The van der Waals surface area contributed by atoms with Crippen LogP contribution in [-0.2, 0) is 16.1 Å². The lowest BCUT2D eigenvalue weighted by atomic mass is 10.0. The fraction of sp³-hybridized carbons (Fsp3) is 0.371. The minimum Gasteiger partial charge on any atom is -0.444 e. The van der Waals surface area contributed by atoms with E-state index >= 15 is 0 Å². The number of H-pyrrole nitrogens is 1. The van der Waals surface area contributed by atoms with Gasteiger partial charge in [0.05, 0.1) is 23.0 Å². The third-order valence-corrected chi connectivity index (χ3v) is 7.94. The molecule has 0 spiro atoms. The van der Waals surface area contributed by atoms with E-state index in [-0.39, 0.29) is 11.9 Å². The molecule has 0 saturated carbocycles. The number of rotatable bonds is 9. The molecule has 0 bridgehead atoms. The number of nitrogens with zero attached hydrogens (tertiary/aromatic N) is 5. The Morgan fingerprint density at radius 2 is 1.91 bits per heavy atom. The Morgan fingerprint density at radius 3 is 2.65 bits per heavy atom. The highest BCUT2D eigenvalue weighted by molar-refractivity contribution is 6.33. The minimum absolute atomic E-state index is 0.0385. The quantitative estimate of drug-likeness (QED) is 0.192. The average Bonchev–Trinajstić information content (AvgIpc) is 3.44. The van der Waals surface area contributed by atoms with Crippen molar-refractivity contribution in [3.05, 3.63) is 83.7 Å². The molecule has 1 aliphatic heterocycles. The first-order valence-corrected chi connectivity index (χ1v) is 15.9. The third kappa shape index (κ3) is 8.44. The molecule has 3 heterocycles. The number of anilines is 2. The number of aromatic amines is 1. The first-order valence-electron chi connectivity index (χ1n) is 15.5. The van der Waals surface area contributed by atoms with Gasteiger partial charge in [-0.3, -0.25) is 9.69 Å². The van der Waals surface area contributed by atoms with Gasteiger partial charge < -0.3 is 24.8 Å². The van der Waals surface area contributed by atoms with Crippen LogP contribution in [0.4, 0.5) is 16.4 Å². The highest BCUT2D eigenvalue weighted by Crippen LogP contribution is 2.33. The molecule has 242 valence electrons. The fourth-order valence-corrected chi connectivity index (χ4v) is 5.64. The monoisotopic (exact) mass is 643 g/mol. The van der Waals surface area contributed by atoms with Gasteiger partial charge >= 0.3 is 6.09 Å². The minimum atomic E-state index is -0.647. The van der Waals surface area contributed by atoms with Crippen molar-refractivity contribution < 1.29 is 14.3 Å². The summed E-state index contributed by atoms with van der Waals surface area (Å²) in [6, 6.07) is 15.6. The maximum atomic E-state index is 13.5. The summed E-state index contributed by atoms with van der Waals surface area (Å²) in [5.41, 5.74) is 3.61. The Kier molecular flexibility index (Phi) is 10.3. The summed E-state index contributed by atoms with van der Waals surface area (Å²) in [5.74, 6) is 0.378. The molecule has 0 radical (unpaired) electrons. The zero-order valence-electron chi connectivity index (χ0n) is 27.1. The molecular formula is C35H42ClN7O3. The van der Waals surface area contributed by atoms with Gasteiger partial charge in [-0.25, -0.2) is 14.8 Å². The van der Waals surface area contributed by atoms with Crippen molar-refractivity contribution in [2.45, 2.75) is 51.8 Å². The predicted octanol–water partition coefficient (Wildman–Crippen LogP) is 6.87. The van der Waals surface area contributed by atoms with E-state index in [1.807, 2.05) is 105 Å². The molecule has 0 unspecified atom stereocenters. The van der Waals surface area contributed by atoms with Crippen molar-refractivity contribution in [2.24, 2.45) is 0 Å². The van der Waals surface area contributed by atoms with Crippen molar-refractivity contribution in [1.29, 1.82) is 0 Å². The van der Waals surface area contributed by atoms with Gasteiger partial charge in [0.1, 0.15) is 5.60 Å². The van der Waals surface area contributed by atoms with E-state index < -0.39 is 11.7 Å². The maximum absolute atomic E-state index is 13.5. The molecule has 46 heavy (non-hydrogen) atoms. The molecular weight excluding hydrogens is 602 g/mol. The molecule has 2 aromatic heterocycles. The zero-order valence-corrected chi connectivity index (χ0v) is 27.8. The van der Waals surface area contributed by atoms with Gasteiger partial charge in [-0.1, -0.05) is 48.0 Å². The molecule has 1 fully saturated rings. The lowest BCUT2D eigenvalue weighted by molar-refractivity contribution is -0.128. The SMILES string of the molecule is CN(C)C/C=C/C(=O)N1CCC[C@@H](N(Cc2ccc(Nc3ncc(Cl)c(-c4c[nH]c5ccccc45)n3)cc2)C(=O)OC(C)(C)C)C1. The molecule has 10 nitrogen and oxygen atoms in total. The highest BCUT2D eigenvalue weighted by Gasteiger charge is 2.33. The number of carbonyl (C=O) groups is 2. The normalized spacial score (nSPS) is 15.5. The molecule has 11 heteroatoms. The van der Waals surface area contributed by atoms with Gasteiger partial charge in [0, 0.05) is 60.6 Å². The number of benzene rings is 2. The van der Waals surface area contributed by atoms with E-state index in [9.17, 15) is 9.59 Å². The number of amides is 2. The topological polar surface area (TPSA) is 107 Å². The Morgan fingerprint density at radius 1 is 1.15 bits per heavy atom. The van der Waals surface area contributed by atoms with Crippen LogP contribution in [0.1, 0.15) is 39.2 Å². The number of hydrogen-bond donors (Lipinski definition) is 2. The van der Waals surface area contributed by atoms with E-state index in [0.29, 0.717) is 42.8 Å². The second-order valence-corrected chi connectivity index (χ2v) is 13.2. The maximum Gasteiger partial charge on any atom is 0.410 e. The number of likely N-dealkylation sites (tertiary alicyclic amines) is 1. The first-order chi connectivity index (χ1) is 22.0. The second kappa shape index (κ2) is 14.3. The van der Waals surface area contributed by atoms with Crippen molar-refractivity contribution in [3.63, 3.8) is 0 Å². The van der Waals surface area contributed by atoms with Gasteiger partial charge in [0.2, 0.25) is 11.9 Å². The smallest absolute Gasteiger partial charge is 0.410 e. The largest absolute Gasteiger partial charge is 0.444 e. The Labute approximate surface area is 275 Å². The van der Waals surface area contributed by atoms with E-state index in [1.165, 1.54) is 0 Å². The molecule has 1 saturated heterocycles. The number of nitrogens with one attached hydrogen (secondary N) is 2. The number of likely N-dealkylation sites (N-methyl/N-ethyl adjacent to an activating group) is 1. The number of aromatic nitrogens is 3. The molecule has 2 aromatic carbocycles. The molecule has 5 rings (SSSR count). The molecule has 1 atom stereocenters. The summed E-state index contributed by atoms with van der Waals surface area (Å²) in [5, 5.41) is 4.76. The van der Waals surface area contributed by atoms with Gasteiger partial charge in [-0.15, -0.1) is 0 Å². The predicted molar refractivity (Wildman–Crippen MR) is 183 cm³/mol. The average molecular weight is 644 g/mol. The van der Waals surface area contributed by atoms with E-state index in [0.717, 1.165) is 40.6 Å². The molecule has 2 amide bonds. The number of piperidine rings is 1. The van der Waals surface area contributed by atoms with Crippen LogP contribution < -0.4 is 5.32 Å². The van der Waals surface area contributed by atoms with Crippen LogP contribution in [0.3, 0.4) is 0 Å². The van der Waals surface area contributed by atoms with Crippen LogP contribution in [0.2, 0.25) is 5.02 Å². The van der Waals surface area contributed by atoms with Crippen molar-refractivity contribution in [2.75, 3.05) is 39.0 Å². The molecule has 0 aliphatic carbocycles. The number of ether oxygens (including phenoxy) is 1. The number of para-hydroxylation sites is 1. The van der Waals surface area contributed by atoms with Gasteiger partial charge in [-0.2, -0.15) is 0 Å². The molecule has 4 aromatic rings. The summed E-state index contributed by atoms with van der Waals surface area (Å²) >= 11 is 6.51. The van der Waals surface area contributed by atoms with Crippen LogP contribution in [0.15, 0.2) is 73.1 Å². The van der Waals surface area contributed by atoms with Crippen LogP contribution in [-0.4, -0.2) is 87.0 Å².